The first-order valence-corrected chi connectivity index (χ1v) is 15.7. The molecular weight excluding hydrogens is 640 g/mol. The summed E-state index contributed by atoms with van der Waals surface area (Å²) in [5, 5.41) is 3.47. The summed E-state index contributed by atoms with van der Waals surface area (Å²) in [6.45, 7) is 1.21. The van der Waals surface area contributed by atoms with Gasteiger partial charge in [-0.3, -0.25) is 13.9 Å². The van der Waals surface area contributed by atoms with Gasteiger partial charge in [-0.1, -0.05) is 94.4 Å². The topological polar surface area (TPSA) is 86.8 Å². The number of sulfonamides is 1. The van der Waals surface area contributed by atoms with E-state index in [4.69, 9.17) is 58.0 Å². The van der Waals surface area contributed by atoms with Crippen LogP contribution in [0.5, 0.6) is 0 Å². The maximum Gasteiger partial charge on any atom is 0.244 e. The Morgan fingerprint density at radius 3 is 2.02 bits per heavy atom. The summed E-state index contributed by atoms with van der Waals surface area (Å²) in [7, 11) is -4.06. The molecule has 214 valence electrons. The molecule has 0 aliphatic heterocycles. The molecule has 0 saturated carbocycles. The molecule has 3 rings (SSSR count). The largest absolute Gasteiger partial charge is 0.355 e. The Morgan fingerprint density at radius 1 is 0.850 bits per heavy atom. The number of carbonyl (C=O) groups excluding carboxylic acids is 2. The van der Waals surface area contributed by atoms with Crippen molar-refractivity contribution in [2.24, 2.45) is 0 Å². The van der Waals surface area contributed by atoms with Crippen LogP contribution in [0.3, 0.4) is 0 Å². The lowest BCUT2D eigenvalue weighted by Crippen LogP contribution is -2.53. The van der Waals surface area contributed by atoms with Crippen LogP contribution >= 0.6 is 58.0 Å². The Morgan fingerprint density at radius 2 is 1.45 bits per heavy atom. The van der Waals surface area contributed by atoms with E-state index in [-0.39, 0.29) is 43.8 Å². The molecule has 0 heterocycles. The van der Waals surface area contributed by atoms with Crippen LogP contribution in [0.15, 0.2) is 60.7 Å². The molecule has 0 fully saturated rings. The normalized spacial score (nSPS) is 12.1. The Kier molecular flexibility index (Phi) is 11.4. The summed E-state index contributed by atoms with van der Waals surface area (Å²) in [5.74, 6) is -1.13. The summed E-state index contributed by atoms with van der Waals surface area (Å²) in [4.78, 5) is 28.7. The molecule has 0 radical (unpaired) electrons. The highest BCUT2D eigenvalue weighted by Crippen LogP contribution is 2.36. The summed E-state index contributed by atoms with van der Waals surface area (Å²) in [6.07, 6.45) is 1.08. The van der Waals surface area contributed by atoms with E-state index in [1.807, 2.05) is 30.3 Å². The number of nitrogens with zero attached hydrogens (tertiary/aromatic N) is 2. The van der Waals surface area contributed by atoms with Crippen molar-refractivity contribution in [1.29, 1.82) is 0 Å². The van der Waals surface area contributed by atoms with E-state index < -0.39 is 34.4 Å². The highest BCUT2D eigenvalue weighted by atomic mass is 35.5. The van der Waals surface area contributed by atoms with Crippen LogP contribution in [0.4, 0.5) is 5.69 Å². The average molecular weight is 666 g/mol. The predicted molar refractivity (Wildman–Crippen MR) is 163 cm³/mol. The van der Waals surface area contributed by atoms with Gasteiger partial charge >= 0.3 is 0 Å². The van der Waals surface area contributed by atoms with Gasteiger partial charge in [0.1, 0.15) is 12.6 Å². The molecule has 0 spiro atoms. The number of anilines is 1. The van der Waals surface area contributed by atoms with Crippen LogP contribution < -0.4 is 9.62 Å². The van der Waals surface area contributed by atoms with Crippen LogP contribution in [0.1, 0.15) is 18.1 Å². The number of hydrogen-bond acceptors (Lipinski definition) is 4. The minimum Gasteiger partial charge on any atom is -0.355 e. The number of carbonyl (C=O) groups is 2. The summed E-state index contributed by atoms with van der Waals surface area (Å²) < 4.78 is 26.6. The minimum absolute atomic E-state index is 0.0297. The monoisotopic (exact) mass is 663 g/mol. The zero-order valence-electron chi connectivity index (χ0n) is 21.5. The number of amides is 2. The van der Waals surface area contributed by atoms with Gasteiger partial charge in [0.15, 0.2) is 0 Å². The van der Waals surface area contributed by atoms with Crippen molar-refractivity contribution in [3.05, 3.63) is 96.9 Å². The zero-order valence-corrected chi connectivity index (χ0v) is 26.1. The molecule has 40 heavy (non-hydrogen) atoms. The molecule has 2 amide bonds. The predicted octanol–water partition coefficient (Wildman–Crippen LogP) is 6.50. The van der Waals surface area contributed by atoms with Crippen molar-refractivity contribution >= 4 is 85.5 Å². The first kappa shape index (κ1) is 32.3. The molecule has 0 aliphatic carbocycles. The third kappa shape index (κ3) is 8.18. The van der Waals surface area contributed by atoms with Crippen LogP contribution in [0.25, 0.3) is 0 Å². The molecule has 3 aromatic carbocycles. The van der Waals surface area contributed by atoms with Crippen LogP contribution in [0, 0.1) is 0 Å². The SMILES string of the molecule is CCNC(=O)[C@@H](Cc1ccccc1)N(Cc1c(Cl)cccc1Cl)C(=O)CN(c1cc(Cl)c(Cl)cc1Cl)S(C)(=O)=O. The number of likely N-dealkylation sites (N-methyl/N-ethyl adjacent to an activating group) is 1. The molecule has 7 nitrogen and oxygen atoms in total. The average Bonchev–Trinajstić information content (AvgIpc) is 2.88. The minimum atomic E-state index is -4.06. The maximum absolute atomic E-state index is 14.1. The van der Waals surface area contributed by atoms with E-state index in [1.165, 1.54) is 17.0 Å². The Hall–Kier alpha value is -2.20. The first-order valence-electron chi connectivity index (χ1n) is 12.0. The Balaban J connectivity index is 2.13. The molecule has 0 unspecified atom stereocenters. The van der Waals surface area contributed by atoms with Crippen LogP contribution in [-0.2, 0) is 32.6 Å². The van der Waals surface area contributed by atoms with E-state index in [0.29, 0.717) is 12.1 Å². The molecule has 1 atom stereocenters. The van der Waals surface area contributed by atoms with E-state index >= 15 is 0 Å². The molecule has 0 aromatic heterocycles. The second-order valence-electron chi connectivity index (χ2n) is 8.81. The van der Waals surface area contributed by atoms with Crippen LogP contribution in [-0.4, -0.2) is 50.5 Å². The fraction of sp³-hybridized carbons (Fsp3) is 0.259. The molecule has 3 aromatic rings. The molecule has 0 aliphatic rings. The number of halogens is 5. The second kappa shape index (κ2) is 14.1. The summed E-state index contributed by atoms with van der Waals surface area (Å²) in [6, 6.07) is 15.5. The molecule has 1 N–H and O–H groups in total. The highest BCUT2D eigenvalue weighted by molar-refractivity contribution is 7.92. The number of rotatable bonds is 11. The molecule has 0 saturated heterocycles. The number of hydrogen-bond donors (Lipinski definition) is 1. The first-order chi connectivity index (χ1) is 18.8. The molecule has 0 bridgehead atoms. The Labute approximate surface area is 258 Å². The second-order valence-corrected chi connectivity index (χ2v) is 12.8. The molecular formula is C27H26Cl5N3O4S. The smallest absolute Gasteiger partial charge is 0.244 e. The van der Waals surface area contributed by atoms with Crippen molar-refractivity contribution in [2.75, 3.05) is 23.7 Å². The van der Waals surface area contributed by atoms with Crippen molar-refractivity contribution in [3.63, 3.8) is 0 Å². The number of nitrogens with one attached hydrogen (secondary N) is 1. The van der Waals surface area contributed by atoms with Crippen molar-refractivity contribution in [3.8, 4) is 0 Å². The van der Waals surface area contributed by atoms with Crippen LogP contribution in [0.2, 0.25) is 25.1 Å². The van der Waals surface area contributed by atoms with E-state index in [1.54, 1.807) is 25.1 Å². The van der Waals surface area contributed by atoms with Gasteiger partial charge in [-0.2, -0.15) is 0 Å². The fourth-order valence-corrected chi connectivity index (χ4v) is 6.06. The lowest BCUT2D eigenvalue weighted by molar-refractivity contribution is -0.140. The third-order valence-electron chi connectivity index (χ3n) is 5.95. The zero-order chi connectivity index (χ0) is 29.6. The number of benzene rings is 3. The lowest BCUT2D eigenvalue weighted by Gasteiger charge is -2.34. The van der Waals surface area contributed by atoms with Gasteiger partial charge in [0, 0.05) is 35.1 Å². The highest BCUT2D eigenvalue weighted by Gasteiger charge is 2.34. The summed E-state index contributed by atoms with van der Waals surface area (Å²) in [5.41, 5.74) is 1.15. The van der Waals surface area contributed by atoms with Gasteiger partial charge in [0.2, 0.25) is 21.8 Å². The fourth-order valence-electron chi connectivity index (χ4n) is 4.00. The van der Waals surface area contributed by atoms with E-state index in [2.05, 4.69) is 5.32 Å². The van der Waals surface area contributed by atoms with Crippen molar-refractivity contribution in [2.45, 2.75) is 25.9 Å². The standard InChI is InChI=1S/C27H26Cl5N3O4S/c1-3-33-27(37)25(12-17-8-5-4-6-9-17)34(15-18-19(28)10-7-11-20(18)29)26(36)16-35(40(2,38)39)24-14-22(31)21(30)13-23(24)32/h4-11,13-14,25H,3,12,15-16H2,1-2H3,(H,33,37)/t25-/m1/s1. The lowest BCUT2D eigenvalue weighted by atomic mass is 10.0. The third-order valence-corrected chi connectivity index (χ3v) is 8.81. The van der Waals surface area contributed by atoms with E-state index in [0.717, 1.165) is 16.1 Å². The Bertz CT molecular complexity index is 1470. The van der Waals surface area contributed by atoms with E-state index in [9.17, 15) is 18.0 Å². The van der Waals surface area contributed by atoms with Gasteiger partial charge < -0.3 is 10.2 Å². The summed E-state index contributed by atoms with van der Waals surface area (Å²) >= 11 is 31.4. The van der Waals surface area contributed by atoms with Gasteiger partial charge in [0.05, 0.1) is 27.0 Å². The molecule has 13 heteroatoms. The quantitative estimate of drug-likeness (QED) is 0.237. The van der Waals surface area contributed by atoms with Crippen molar-refractivity contribution in [1.82, 2.24) is 10.2 Å². The van der Waals surface area contributed by atoms with Gasteiger partial charge in [-0.25, -0.2) is 8.42 Å². The van der Waals surface area contributed by atoms with Gasteiger partial charge in [-0.15, -0.1) is 0 Å². The van der Waals surface area contributed by atoms with Gasteiger partial charge in [0.25, 0.3) is 0 Å². The van der Waals surface area contributed by atoms with Crippen molar-refractivity contribution < 1.29 is 18.0 Å². The maximum atomic E-state index is 14.1. The van der Waals surface area contributed by atoms with Gasteiger partial charge in [-0.05, 0) is 36.8 Å².